The highest BCUT2D eigenvalue weighted by Gasteiger charge is 2.11. The first-order chi connectivity index (χ1) is 8.12. The van der Waals surface area contributed by atoms with E-state index in [0.717, 1.165) is 23.1 Å². The number of hydrogen-bond acceptors (Lipinski definition) is 5. The Hall–Kier alpha value is -1.43. The summed E-state index contributed by atoms with van der Waals surface area (Å²) in [5.41, 5.74) is 0.222. The molecular weight excluding hydrogens is 238 g/mol. The van der Waals surface area contributed by atoms with Gasteiger partial charge in [-0.15, -0.1) is 0 Å². The van der Waals surface area contributed by atoms with Crippen molar-refractivity contribution in [1.82, 2.24) is 4.98 Å². The quantitative estimate of drug-likeness (QED) is 0.579. The van der Waals surface area contributed by atoms with E-state index < -0.39 is 0 Å². The van der Waals surface area contributed by atoms with Crippen molar-refractivity contribution in [1.29, 1.82) is 0 Å². The molecule has 6 heteroatoms. The lowest BCUT2D eigenvalue weighted by molar-refractivity contribution is -0.425. The van der Waals surface area contributed by atoms with Crippen molar-refractivity contribution >= 4 is 22.5 Å². The largest absolute Gasteiger partial charge is 0.349 e. The van der Waals surface area contributed by atoms with Crippen LogP contribution in [0.4, 0.5) is 5.13 Å². The van der Waals surface area contributed by atoms with Gasteiger partial charge >= 0.3 is 0 Å². The molecular formula is C11H17N3O2S. The standard InChI is InChI=1S/C11H17N3O2S/c1-4-9(14(15)16)7-10-8-12-11(17-10)13(5-2)6-3/h7-8H,4-6H2,1-3H3/b9-7-. The Bertz CT molecular complexity index is 411. The molecule has 5 nitrogen and oxygen atoms in total. The average molecular weight is 255 g/mol. The second kappa shape index (κ2) is 6.34. The maximum atomic E-state index is 10.7. The van der Waals surface area contributed by atoms with Gasteiger partial charge in [-0.25, -0.2) is 4.98 Å². The van der Waals surface area contributed by atoms with Crippen molar-refractivity contribution in [2.45, 2.75) is 27.2 Å². The van der Waals surface area contributed by atoms with Crippen LogP contribution in [0.15, 0.2) is 11.9 Å². The number of nitrogens with zero attached hydrogens (tertiary/aromatic N) is 3. The lowest BCUT2D eigenvalue weighted by atomic mass is 10.3. The first-order valence-electron chi connectivity index (χ1n) is 5.68. The number of rotatable bonds is 6. The van der Waals surface area contributed by atoms with Gasteiger partial charge < -0.3 is 4.90 Å². The lowest BCUT2D eigenvalue weighted by Crippen LogP contribution is -2.21. The van der Waals surface area contributed by atoms with Crippen LogP contribution in [0.1, 0.15) is 32.1 Å². The molecule has 0 aromatic carbocycles. The van der Waals surface area contributed by atoms with Crippen molar-refractivity contribution in [3.63, 3.8) is 0 Å². The molecule has 0 aliphatic rings. The van der Waals surface area contributed by atoms with E-state index in [2.05, 4.69) is 23.7 Å². The van der Waals surface area contributed by atoms with Crippen molar-refractivity contribution in [2.75, 3.05) is 18.0 Å². The zero-order chi connectivity index (χ0) is 12.8. The highest BCUT2D eigenvalue weighted by Crippen LogP contribution is 2.24. The van der Waals surface area contributed by atoms with Gasteiger partial charge in [0.25, 0.3) is 0 Å². The van der Waals surface area contributed by atoms with Gasteiger partial charge in [-0.2, -0.15) is 0 Å². The van der Waals surface area contributed by atoms with Crippen molar-refractivity contribution < 1.29 is 4.92 Å². The highest BCUT2D eigenvalue weighted by atomic mass is 32.1. The van der Waals surface area contributed by atoms with E-state index in [-0.39, 0.29) is 10.6 Å². The molecule has 0 radical (unpaired) electrons. The first kappa shape index (κ1) is 13.6. The monoisotopic (exact) mass is 255 g/mol. The number of allylic oxidation sites excluding steroid dienone is 1. The summed E-state index contributed by atoms with van der Waals surface area (Å²) < 4.78 is 0. The molecule has 0 saturated carbocycles. The fourth-order valence-electron chi connectivity index (χ4n) is 1.43. The van der Waals surface area contributed by atoms with Crippen LogP contribution < -0.4 is 4.90 Å². The van der Waals surface area contributed by atoms with Gasteiger partial charge in [0.15, 0.2) is 5.13 Å². The number of aromatic nitrogens is 1. The van der Waals surface area contributed by atoms with Crippen LogP contribution in [0.2, 0.25) is 0 Å². The van der Waals surface area contributed by atoms with Crippen LogP contribution in [0, 0.1) is 10.1 Å². The molecule has 0 amide bonds. The van der Waals surface area contributed by atoms with E-state index in [4.69, 9.17) is 0 Å². The molecule has 1 heterocycles. The van der Waals surface area contributed by atoms with E-state index in [1.165, 1.54) is 11.3 Å². The van der Waals surface area contributed by atoms with Crippen molar-refractivity contribution in [3.05, 3.63) is 26.9 Å². The molecule has 0 aliphatic heterocycles. The smallest absolute Gasteiger partial charge is 0.247 e. The van der Waals surface area contributed by atoms with Crippen LogP contribution in [-0.2, 0) is 0 Å². The third kappa shape index (κ3) is 3.52. The van der Waals surface area contributed by atoms with Crippen LogP contribution in [0.5, 0.6) is 0 Å². The van der Waals surface area contributed by atoms with Crippen molar-refractivity contribution in [3.8, 4) is 0 Å². The molecule has 0 bridgehead atoms. The third-order valence-electron chi connectivity index (χ3n) is 2.45. The van der Waals surface area contributed by atoms with Crippen LogP contribution in [0.25, 0.3) is 6.08 Å². The normalized spacial score (nSPS) is 11.6. The Morgan fingerprint density at radius 2 is 2.18 bits per heavy atom. The minimum absolute atomic E-state index is 0.222. The van der Waals surface area contributed by atoms with Crippen LogP contribution >= 0.6 is 11.3 Å². The number of nitro groups is 1. The van der Waals surface area contributed by atoms with Gasteiger partial charge in [0, 0.05) is 31.8 Å². The molecule has 0 atom stereocenters. The van der Waals surface area contributed by atoms with Gasteiger partial charge in [-0.3, -0.25) is 10.1 Å². The number of hydrogen-bond donors (Lipinski definition) is 0. The van der Waals surface area contributed by atoms with Crippen LogP contribution in [0.3, 0.4) is 0 Å². The van der Waals surface area contributed by atoms with E-state index in [9.17, 15) is 10.1 Å². The molecule has 0 unspecified atom stereocenters. The Morgan fingerprint density at radius 3 is 2.65 bits per heavy atom. The summed E-state index contributed by atoms with van der Waals surface area (Å²) in [5, 5.41) is 11.6. The molecule has 94 valence electrons. The van der Waals surface area contributed by atoms with Gasteiger partial charge in [-0.1, -0.05) is 18.3 Å². The lowest BCUT2D eigenvalue weighted by Gasteiger charge is -2.16. The minimum atomic E-state index is -0.337. The molecule has 1 rings (SSSR count). The molecule has 1 aromatic heterocycles. The summed E-state index contributed by atoms with van der Waals surface area (Å²) >= 11 is 1.49. The maximum Gasteiger partial charge on any atom is 0.247 e. The Morgan fingerprint density at radius 1 is 1.53 bits per heavy atom. The van der Waals surface area contributed by atoms with E-state index in [1.807, 2.05) is 0 Å². The van der Waals surface area contributed by atoms with E-state index in [1.54, 1.807) is 19.2 Å². The Balaban J connectivity index is 2.91. The molecule has 0 aliphatic carbocycles. The maximum absolute atomic E-state index is 10.7. The summed E-state index contributed by atoms with van der Waals surface area (Å²) in [6.07, 6.45) is 3.72. The SMILES string of the molecule is CC/C(=C/c1cnc(N(CC)CC)s1)[N+](=O)[O-]. The average Bonchev–Trinajstić information content (AvgIpc) is 2.76. The summed E-state index contributed by atoms with van der Waals surface area (Å²) in [6.45, 7) is 7.69. The molecule has 0 fully saturated rings. The van der Waals surface area contributed by atoms with E-state index >= 15 is 0 Å². The molecule has 17 heavy (non-hydrogen) atoms. The number of thiazole rings is 1. The predicted molar refractivity (Wildman–Crippen MR) is 70.9 cm³/mol. The fraction of sp³-hybridized carbons (Fsp3) is 0.545. The zero-order valence-corrected chi connectivity index (χ0v) is 11.2. The summed E-state index contributed by atoms with van der Waals surface area (Å²) in [6, 6.07) is 0. The second-order valence-electron chi connectivity index (χ2n) is 3.46. The van der Waals surface area contributed by atoms with Crippen LogP contribution in [-0.4, -0.2) is 23.0 Å². The highest BCUT2D eigenvalue weighted by molar-refractivity contribution is 7.16. The van der Waals surface area contributed by atoms with E-state index in [0.29, 0.717) is 6.42 Å². The first-order valence-corrected chi connectivity index (χ1v) is 6.49. The molecule has 0 saturated heterocycles. The third-order valence-corrected chi connectivity index (χ3v) is 3.46. The van der Waals surface area contributed by atoms with Gasteiger partial charge in [0.1, 0.15) is 0 Å². The Labute approximate surface area is 105 Å². The number of anilines is 1. The minimum Gasteiger partial charge on any atom is -0.349 e. The molecule has 0 N–H and O–H groups in total. The topological polar surface area (TPSA) is 59.3 Å². The molecule has 1 aromatic rings. The Kier molecular flexibility index (Phi) is 5.09. The fourth-order valence-corrected chi connectivity index (χ4v) is 2.44. The summed E-state index contributed by atoms with van der Waals surface area (Å²) in [4.78, 5) is 17.6. The van der Waals surface area contributed by atoms with Gasteiger partial charge in [-0.05, 0) is 13.8 Å². The second-order valence-corrected chi connectivity index (χ2v) is 4.50. The predicted octanol–water partition coefficient (Wildman–Crippen LogP) is 3.02. The summed E-state index contributed by atoms with van der Waals surface area (Å²) in [5.74, 6) is 0. The molecule has 0 spiro atoms. The van der Waals surface area contributed by atoms with Crippen molar-refractivity contribution in [2.24, 2.45) is 0 Å². The van der Waals surface area contributed by atoms with Gasteiger partial charge in [0.05, 0.1) is 9.80 Å². The zero-order valence-electron chi connectivity index (χ0n) is 10.3. The summed E-state index contributed by atoms with van der Waals surface area (Å²) in [7, 11) is 0. The van der Waals surface area contributed by atoms with Gasteiger partial charge in [0.2, 0.25) is 5.70 Å².